The van der Waals surface area contributed by atoms with E-state index in [0.29, 0.717) is 24.8 Å². The summed E-state index contributed by atoms with van der Waals surface area (Å²) in [6.07, 6.45) is 4.45. The van der Waals surface area contributed by atoms with Gasteiger partial charge in [0.1, 0.15) is 24.0 Å². The monoisotopic (exact) mass is 364 g/mol. The number of ether oxygens (including phenoxy) is 1. The molecule has 0 radical (unpaired) electrons. The molecule has 0 aromatic carbocycles. The fraction of sp³-hybridized carbons (Fsp3) is 0.500. The number of piperidine rings is 1. The Labute approximate surface area is 159 Å². The molecule has 1 fully saturated rings. The fourth-order valence-corrected chi connectivity index (χ4v) is 3.88. The molecule has 0 amide bonds. The topological polar surface area (TPSA) is 78.2 Å². The third kappa shape index (κ3) is 3.58. The van der Waals surface area contributed by atoms with Crippen LogP contribution < -0.4 is 9.80 Å². The molecule has 0 N–H and O–H groups in total. The molecule has 7 heteroatoms. The standard InChI is InChI=1S/C20H24N6O/c1-14-9-19(23-13-22-14)25(2)17-3-6-26(7-4-17)20-15(11-21)10-16-12-27-8-5-18(16)24-20/h9-10,13,17H,3-8,12H2,1-2H3. The normalized spacial score (nSPS) is 17.3. The van der Waals surface area contributed by atoms with Gasteiger partial charge in [-0.25, -0.2) is 15.0 Å². The molecular weight excluding hydrogens is 340 g/mol. The minimum absolute atomic E-state index is 0.423. The number of rotatable bonds is 3. The average molecular weight is 364 g/mol. The Morgan fingerprint density at radius 1 is 1.26 bits per heavy atom. The molecule has 2 aromatic heterocycles. The third-order valence-electron chi connectivity index (χ3n) is 5.49. The summed E-state index contributed by atoms with van der Waals surface area (Å²) >= 11 is 0. The maximum atomic E-state index is 9.59. The van der Waals surface area contributed by atoms with Crippen molar-refractivity contribution in [3.63, 3.8) is 0 Å². The Bertz CT molecular complexity index is 869. The number of anilines is 2. The number of fused-ring (bicyclic) bond motifs is 1. The van der Waals surface area contributed by atoms with Gasteiger partial charge in [0.05, 0.1) is 24.5 Å². The molecule has 4 rings (SSSR count). The van der Waals surface area contributed by atoms with Crippen LogP contribution in [0.25, 0.3) is 0 Å². The van der Waals surface area contributed by atoms with Crippen molar-refractivity contribution in [3.8, 4) is 6.07 Å². The zero-order chi connectivity index (χ0) is 18.8. The number of aromatic nitrogens is 3. The first-order valence-electron chi connectivity index (χ1n) is 9.43. The van der Waals surface area contributed by atoms with E-state index in [1.165, 1.54) is 0 Å². The van der Waals surface area contributed by atoms with Gasteiger partial charge in [-0.1, -0.05) is 0 Å². The first-order chi connectivity index (χ1) is 13.2. The molecule has 2 aliphatic heterocycles. The van der Waals surface area contributed by atoms with E-state index in [1.54, 1.807) is 6.33 Å². The fourth-order valence-electron chi connectivity index (χ4n) is 3.88. The maximum Gasteiger partial charge on any atom is 0.146 e. The van der Waals surface area contributed by atoms with Crippen molar-refractivity contribution in [2.75, 3.05) is 36.5 Å². The Kier molecular flexibility index (Phi) is 4.90. The van der Waals surface area contributed by atoms with Crippen molar-refractivity contribution in [1.82, 2.24) is 15.0 Å². The lowest BCUT2D eigenvalue weighted by atomic mass is 10.0. The highest BCUT2D eigenvalue weighted by Gasteiger charge is 2.26. The van der Waals surface area contributed by atoms with Crippen LogP contribution in [0.5, 0.6) is 0 Å². The minimum atomic E-state index is 0.423. The van der Waals surface area contributed by atoms with Gasteiger partial charge in [-0.05, 0) is 25.8 Å². The van der Waals surface area contributed by atoms with Gasteiger partial charge in [-0.15, -0.1) is 0 Å². The Morgan fingerprint density at radius 3 is 2.81 bits per heavy atom. The van der Waals surface area contributed by atoms with Crippen LogP contribution in [0.2, 0.25) is 0 Å². The molecule has 4 heterocycles. The predicted molar refractivity (Wildman–Crippen MR) is 103 cm³/mol. The molecule has 27 heavy (non-hydrogen) atoms. The maximum absolute atomic E-state index is 9.59. The molecule has 0 spiro atoms. The van der Waals surface area contributed by atoms with E-state index >= 15 is 0 Å². The summed E-state index contributed by atoms with van der Waals surface area (Å²) in [5.41, 5.74) is 3.75. The van der Waals surface area contributed by atoms with Gasteiger partial charge in [-0.3, -0.25) is 0 Å². The second-order valence-electron chi connectivity index (χ2n) is 7.23. The van der Waals surface area contributed by atoms with Crippen LogP contribution in [-0.4, -0.2) is 47.7 Å². The third-order valence-corrected chi connectivity index (χ3v) is 5.49. The summed E-state index contributed by atoms with van der Waals surface area (Å²) in [4.78, 5) is 17.9. The lowest BCUT2D eigenvalue weighted by molar-refractivity contribution is 0.109. The second kappa shape index (κ2) is 7.49. The Balaban J connectivity index is 1.49. The van der Waals surface area contributed by atoms with E-state index in [2.05, 4.69) is 32.9 Å². The zero-order valence-corrected chi connectivity index (χ0v) is 15.9. The second-order valence-corrected chi connectivity index (χ2v) is 7.23. The van der Waals surface area contributed by atoms with Crippen molar-refractivity contribution in [3.05, 3.63) is 41.0 Å². The summed E-state index contributed by atoms with van der Waals surface area (Å²) in [6, 6.07) is 6.72. The summed E-state index contributed by atoms with van der Waals surface area (Å²) in [6.45, 7) is 5.02. The quantitative estimate of drug-likeness (QED) is 0.826. The molecule has 2 aromatic rings. The first kappa shape index (κ1) is 17.7. The van der Waals surface area contributed by atoms with Crippen LogP contribution in [0.15, 0.2) is 18.5 Å². The number of hydrogen-bond donors (Lipinski definition) is 0. The van der Waals surface area contributed by atoms with Crippen molar-refractivity contribution in [2.45, 2.75) is 38.8 Å². The van der Waals surface area contributed by atoms with Gasteiger partial charge in [-0.2, -0.15) is 5.26 Å². The van der Waals surface area contributed by atoms with Crippen LogP contribution in [0.1, 0.15) is 35.4 Å². The summed E-state index contributed by atoms with van der Waals surface area (Å²) in [5.74, 6) is 1.79. The largest absolute Gasteiger partial charge is 0.376 e. The number of hydrogen-bond acceptors (Lipinski definition) is 7. The predicted octanol–water partition coefficient (Wildman–Crippen LogP) is 2.23. The number of nitriles is 1. The average Bonchev–Trinajstić information content (AvgIpc) is 2.72. The van der Waals surface area contributed by atoms with Crippen molar-refractivity contribution in [1.29, 1.82) is 5.26 Å². The highest BCUT2D eigenvalue weighted by Crippen LogP contribution is 2.28. The molecular formula is C20H24N6O. The zero-order valence-electron chi connectivity index (χ0n) is 15.9. The van der Waals surface area contributed by atoms with E-state index in [-0.39, 0.29) is 0 Å². The van der Waals surface area contributed by atoms with Crippen molar-refractivity contribution in [2.24, 2.45) is 0 Å². The lowest BCUT2D eigenvalue weighted by Crippen LogP contribution is -2.44. The van der Waals surface area contributed by atoms with Gasteiger partial charge >= 0.3 is 0 Å². The highest BCUT2D eigenvalue weighted by molar-refractivity contribution is 5.57. The molecule has 0 saturated carbocycles. The van der Waals surface area contributed by atoms with E-state index < -0.39 is 0 Å². The first-order valence-corrected chi connectivity index (χ1v) is 9.43. The summed E-state index contributed by atoms with van der Waals surface area (Å²) in [7, 11) is 2.10. The van der Waals surface area contributed by atoms with Crippen LogP contribution in [0.3, 0.4) is 0 Å². The number of aryl methyl sites for hydroxylation is 1. The van der Waals surface area contributed by atoms with Gasteiger partial charge in [0, 0.05) is 49.9 Å². The van der Waals surface area contributed by atoms with Crippen LogP contribution >= 0.6 is 0 Å². The van der Waals surface area contributed by atoms with Crippen LogP contribution in [-0.2, 0) is 17.8 Å². The Hall–Kier alpha value is -2.72. The van der Waals surface area contributed by atoms with Crippen LogP contribution in [0.4, 0.5) is 11.6 Å². The molecule has 1 saturated heterocycles. The van der Waals surface area contributed by atoms with Crippen molar-refractivity contribution < 1.29 is 4.74 Å². The molecule has 2 aliphatic rings. The molecule has 0 aliphatic carbocycles. The highest BCUT2D eigenvalue weighted by atomic mass is 16.5. The van der Waals surface area contributed by atoms with E-state index in [1.807, 2.05) is 19.1 Å². The molecule has 0 unspecified atom stereocenters. The molecule has 140 valence electrons. The smallest absolute Gasteiger partial charge is 0.146 e. The van der Waals surface area contributed by atoms with Gasteiger partial charge in [0.25, 0.3) is 0 Å². The van der Waals surface area contributed by atoms with Gasteiger partial charge < -0.3 is 14.5 Å². The van der Waals surface area contributed by atoms with Gasteiger partial charge in [0.2, 0.25) is 0 Å². The van der Waals surface area contributed by atoms with E-state index in [9.17, 15) is 5.26 Å². The lowest BCUT2D eigenvalue weighted by Gasteiger charge is -2.38. The van der Waals surface area contributed by atoms with E-state index in [4.69, 9.17) is 9.72 Å². The summed E-state index contributed by atoms with van der Waals surface area (Å²) < 4.78 is 5.49. The summed E-state index contributed by atoms with van der Waals surface area (Å²) in [5, 5.41) is 9.59. The molecule has 0 bridgehead atoms. The minimum Gasteiger partial charge on any atom is -0.376 e. The number of nitrogens with zero attached hydrogens (tertiary/aromatic N) is 6. The molecule has 0 atom stereocenters. The van der Waals surface area contributed by atoms with Crippen molar-refractivity contribution >= 4 is 11.6 Å². The van der Waals surface area contributed by atoms with Crippen LogP contribution in [0, 0.1) is 18.3 Å². The molecule has 7 nitrogen and oxygen atoms in total. The SMILES string of the molecule is Cc1cc(N(C)C2CCN(c3nc4c(cc3C#N)COCC4)CC2)ncn1. The number of pyridine rings is 1. The van der Waals surface area contributed by atoms with Gasteiger partial charge in [0.15, 0.2) is 0 Å². The van der Waals surface area contributed by atoms with E-state index in [0.717, 1.165) is 60.9 Å². The Morgan fingerprint density at radius 2 is 2.07 bits per heavy atom.